The molecule has 0 N–H and O–H groups in total. The van der Waals surface area contributed by atoms with Crippen molar-refractivity contribution >= 4 is 37.8 Å². The van der Waals surface area contributed by atoms with E-state index in [9.17, 15) is 18.0 Å². The summed E-state index contributed by atoms with van der Waals surface area (Å²) in [6, 6.07) is 17.1. The predicted octanol–water partition coefficient (Wildman–Crippen LogP) is 3.96. The van der Waals surface area contributed by atoms with Crippen molar-refractivity contribution in [2.75, 3.05) is 26.0 Å². The molecule has 11 heteroatoms. The van der Waals surface area contributed by atoms with Crippen LogP contribution in [-0.2, 0) is 27.3 Å². The second kappa shape index (κ2) is 12.6. The minimum Gasteiger partial charge on any atom is -0.339 e. The fourth-order valence-electron chi connectivity index (χ4n) is 4.32. The molecule has 0 aliphatic carbocycles. The third kappa shape index (κ3) is 7.59. The van der Waals surface area contributed by atoms with E-state index in [1.165, 1.54) is 11.5 Å². The summed E-state index contributed by atoms with van der Waals surface area (Å²) in [5.41, 5.74) is 3.16. The number of benzene rings is 2. The number of carbonyl (C=O) groups is 1. The second-order valence-corrected chi connectivity index (χ2v) is 11.9. The van der Waals surface area contributed by atoms with Crippen LogP contribution in [0.25, 0.3) is 10.2 Å². The first-order valence-corrected chi connectivity index (χ1v) is 15.3. The maximum atomic E-state index is 13.5. The Labute approximate surface area is 232 Å². The zero-order chi connectivity index (χ0) is 28.0. The topological polar surface area (TPSA) is 111 Å². The fraction of sp³-hybridized carbons (Fsp3) is 0.357. The van der Waals surface area contributed by atoms with Crippen molar-refractivity contribution in [3.63, 3.8) is 0 Å². The largest absolute Gasteiger partial charge is 0.339 e. The monoisotopic (exact) mass is 568 g/mol. The van der Waals surface area contributed by atoms with Crippen LogP contribution in [0, 0.1) is 13.8 Å². The van der Waals surface area contributed by atoms with Gasteiger partial charge in [-0.25, -0.2) is 4.98 Å². The molecule has 0 saturated carbocycles. The van der Waals surface area contributed by atoms with Crippen LogP contribution in [0.4, 0.5) is 0 Å². The Morgan fingerprint density at radius 3 is 2.41 bits per heavy atom. The Kier molecular flexibility index (Phi) is 9.26. The highest BCUT2D eigenvalue weighted by atomic mass is 32.2. The first-order valence-electron chi connectivity index (χ1n) is 12.7. The molecular weight excluding hydrogens is 536 g/mol. The predicted molar refractivity (Wildman–Crippen MR) is 153 cm³/mol. The summed E-state index contributed by atoms with van der Waals surface area (Å²) in [6.45, 7) is 4.90. The highest BCUT2D eigenvalue weighted by Gasteiger charge is 2.19. The lowest BCUT2D eigenvalue weighted by Crippen LogP contribution is -2.34. The number of carbonyl (C=O) groups excluding carboxylic acids is 1. The zero-order valence-electron chi connectivity index (χ0n) is 22.3. The number of rotatable bonds is 12. The van der Waals surface area contributed by atoms with E-state index >= 15 is 0 Å². The van der Waals surface area contributed by atoms with Gasteiger partial charge in [-0.05, 0) is 55.9 Å². The Balaban J connectivity index is 1.54. The highest BCUT2D eigenvalue weighted by Crippen LogP contribution is 2.19. The van der Waals surface area contributed by atoms with Gasteiger partial charge in [0.1, 0.15) is 5.82 Å². The van der Waals surface area contributed by atoms with E-state index < -0.39 is 10.1 Å². The molecule has 1 amide bonds. The van der Waals surface area contributed by atoms with Crippen LogP contribution in [-0.4, -0.2) is 59.1 Å². The van der Waals surface area contributed by atoms with Crippen LogP contribution in [0.2, 0.25) is 0 Å². The standard InChI is InChI=1S/C28H32N4O5S2/c1-20-12-14-23(15-13-20)27(33)31(17-8-18-37-39(3,35)36)16-7-11-24-29-26-25(21(2)30-38-26)28(34)32(24)19-22-9-5-4-6-10-22/h4-6,9-10,12-15H,7-8,11,16-19H2,1-3H3. The smallest absolute Gasteiger partial charge is 0.264 e. The van der Waals surface area contributed by atoms with Gasteiger partial charge in [0.15, 0.2) is 4.83 Å². The van der Waals surface area contributed by atoms with Gasteiger partial charge >= 0.3 is 0 Å². The summed E-state index contributed by atoms with van der Waals surface area (Å²) in [5.74, 6) is 0.501. The number of aromatic nitrogens is 3. The van der Waals surface area contributed by atoms with Crippen molar-refractivity contribution in [2.24, 2.45) is 0 Å². The van der Waals surface area contributed by atoms with Crippen LogP contribution in [0.3, 0.4) is 0 Å². The Morgan fingerprint density at radius 2 is 1.72 bits per heavy atom. The van der Waals surface area contributed by atoms with Crippen molar-refractivity contribution in [1.29, 1.82) is 0 Å². The maximum Gasteiger partial charge on any atom is 0.264 e. The second-order valence-electron chi connectivity index (χ2n) is 9.49. The Hall–Kier alpha value is -3.41. The van der Waals surface area contributed by atoms with Crippen molar-refractivity contribution in [1.82, 2.24) is 18.8 Å². The molecule has 4 rings (SSSR count). The molecule has 0 bridgehead atoms. The summed E-state index contributed by atoms with van der Waals surface area (Å²) >= 11 is 1.21. The van der Waals surface area contributed by atoms with Crippen LogP contribution >= 0.6 is 11.5 Å². The quantitative estimate of drug-likeness (QED) is 0.188. The number of amides is 1. The van der Waals surface area contributed by atoms with Crippen molar-refractivity contribution in [3.8, 4) is 0 Å². The van der Waals surface area contributed by atoms with E-state index in [2.05, 4.69) is 4.37 Å². The third-order valence-corrected chi connectivity index (χ3v) is 7.74. The molecule has 206 valence electrons. The molecule has 4 aromatic rings. The summed E-state index contributed by atoms with van der Waals surface area (Å²) in [5, 5.41) is 0.543. The van der Waals surface area contributed by atoms with Gasteiger partial charge < -0.3 is 4.90 Å². The first kappa shape index (κ1) is 28.6. The molecule has 0 aliphatic rings. The van der Waals surface area contributed by atoms with Gasteiger partial charge in [0.25, 0.3) is 21.6 Å². The minimum atomic E-state index is -3.55. The van der Waals surface area contributed by atoms with Crippen LogP contribution in [0.1, 0.15) is 45.8 Å². The number of nitrogens with zero attached hydrogens (tertiary/aromatic N) is 4. The maximum absolute atomic E-state index is 13.5. The molecule has 39 heavy (non-hydrogen) atoms. The molecule has 0 spiro atoms. The summed E-state index contributed by atoms with van der Waals surface area (Å²) in [6.07, 6.45) is 2.42. The van der Waals surface area contributed by atoms with Gasteiger partial charge in [0, 0.05) is 25.1 Å². The summed E-state index contributed by atoms with van der Waals surface area (Å²) in [7, 11) is -3.55. The molecule has 0 fully saturated rings. The molecule has 0 atom stereocenters. The molecular formula is C28H32N4O5S2. The Morgan fingerprint density at radius 1 is 1.03 bits per heavy atom. The van der Waals surface area contributed by atoms with Gasteiger partial charge in [-0.3, -0.25) is 18.3 Å². The highest BCUT2D eigenvalue weighted by molar-refractivity contribution is 7.85. The van der Waals surface area contributed by atoms with E-state index in [0.717, 1.165) is 17.4 Å². The average molecular weight is 569 g/mol. The zero-order valence-corrected chi connectivity index (χ0v) is 23.9. The van der Waals surface area contributed by atoms with E-state index in [1.807, 2.05) is 56.3 Å². The SMILES string of the molecule is Cc1ccc(C(=O)N(CCCOS(C)(=O)=O)CCCc2nc3snc(C)c3c(=O)n2Cc2ccccc2)cc1. The summed E-state index contributed by atoms with van der Waals surface area (Å²) in [4.78, 5) is 33.9. The molecule has 0 aliphatic heterocycles. The fourth-order valence-corrected chi connectivity index (χ4v) is 5.53. The number of fused-ring (bicyclic) bond motifs is 1. The lowest BCUT2D eigenvalue weighted by molar-refractivity contribution is 0.0745. The van der Waals surface area contributed by atoms with Gasteiger partial charge in [-0.2, -0.15) is 12.8 Å². The van der Waals surface area contributed by atoms with Gasteiger partial charge in [-0.15, -0.1) is 0 Å². The van der Waals surface area contributed by atoms with Gasteiger partial charge in [0.2, 0.25) is 0 Å². The minimum absolute atomic E-state index is 0.00389. The lowest BCUT2D eigenvalue weighted by Gasteiger charge is -2.23. The average Bonchev–Trinajstić information content (AvgIpc) is 3.28. The van der Waals surface area contributed by atoms with E-state index in [-0.39, 0.29) is 18.1 Å². The molecule has 0 unspecified atom stereocenters. The van der Waals surface area contributed by atoms with Crippen LogP contribution in [0.5, 0.6) is 0 Å². The van der Waals surface area contributed by atoms with E-state index in [1.54, 1.807) is 21.6 Å². The molecule has 2 aromatic heterocycles. The van der Waals surface area contributed by atoms with Crippen LogP contribution < -0.4 is 5.56 Å². The van der Waals surface area contributed by atoms with Crippen molar-refractivity contribution in [2.45, 2.75) is 39.7 Å². The molecule has 2 aromatic carbocycles. The van der Waals surface area contributed by atoms with Crippen molar-refractivity contribution in [3.05, 3.63) is 93.2 Å². The van der Waals surface area contributed by atoms with E-state index in [0.29, 0.717) is 66.2 Å². The molecule has 0 radical (unpaired) electrons. The third-order valence-electron chi connectivity index (χ3n) is 6.31. The van der Waals surface area contributed by atoms with Gasteiger partial charge in [0.05, 0.1) is 30.5 Å². The number of aryl methyl sites for hydroxylation is 3. The van der Waals surface area contributed by atoms with Crippen molar-refractivity contribution < 1.29 is 17.4 Å². The lowest BCUT2D eigenvalue weighted by atomic mass is 10.1. The van der Waals surface area contributed by atoms with Crippen LogP contribution in [0.15, 0.2) is 59.4 Å². The van der Waals surface area contributed by atoms with E-state index in [4.69, 9.17) is 9.17 Å². The molecule has 0 saturated heterocycles. The normalized spacial score (nSPS) is 11.7. The molecule has 2 heterocycles. The number of hydrogen-bond acceptors (Lipinski definition) is 8. The molecule has 9 nitrogen and oxygen atoms in total. The summed E-state index contributed by atoms with van der Waals surface area (Å²) < 4.78 is 33.6. The number of hydrogen-bond donors (Lipinski definition) is 0. The van der Waals surface area contributed by atoms with Gasteiger partial charge in [-0.1, -0.05) is 48.0 Å². The first-order chi connectivity index (χ1) is 18.6. The Bertz CT molecular complexity index is 1600.